The molecule has 5 heteroatoms. The molecule has 0 aliphatic rings. The Labute approximate surface area is 96.2 Å². The summed E-state index contributed by atoms with van der Waals surface area (Å²) in [5, 5.41) is 8.85. The second kappa shape index (κ2) is 4.63. The number of ether oxygens (including phenoxy) is 1. The zero-order chi connectivity index (χ0) is 11.6. The average Bonchev–Trinajstić information content (AvgIpc) is 2.15. The maximum Gasteiger partial charge on any atom is 0.325 e. The Bertz CT molecular complexity index is 392. The third-order valence-electron chi connectivity index (χ3n) is 2.03. The van der Waals surface area contributed by atoms with Gasteiger partial charge in [0.15, 0.2) is 0 Å². The van der Waals surface area contributed by atoms with E-state index in [0.717, 1.165) is 5.56 Å². The molecule has 0 amide bonds. The van der Waals surface area contributed by atoms with E-state index in [1.165, 1.54) is 7.11 Å². The molecule has 1 atom stereocenters. The lowest BCUT2D eigenvalue weighted by Crippen LogP contribution is -2.21. The highest BCUT2D eigenvalue weighted by molar-refractivity contribution is 9.10. The van der Waals surface area contributed by atoms with Gasteiger partial charge in [-0.05, 0) is 24.6 Å². The Morgan fingerprint density at radius 1 is 1.60 bits per heavy atom. The fraction of sp³-hybridized carbons (Fsp3) is 0.300. The zero-order valence-electron chi connectivity index (χ0n) is 8.45. The molecule has 0 saturated carbocycles. The van der Waals surface area contributed by atoms with Crippen LogP contribution in [0.1, 0.15) is 17.2 Å². The van der Waals surface area contributed by atoms with Crippen molar-refractivity contribution in [1.82, 2.24) is 0 Å². The van der Waals surface area contributed by atoms with E-state index in [1.54, 1.807) is 12.1 Å². The minimum absolute atomic E-state index is 0.454. The van der Waals surface area contributed by atoms with Gasteiger partial charge in [-0.1, -0.05) is 15.9 Å². The summed E-state index contributed by atoms with van der Waals surface area (Å²) < 4.78 is 5.75. The number of carboxylic acid groups (broad SMARTS) is 1. The number of hydrogen-bond acceptors (Lipinski definition) is 3. The van der Waals surface area contributed by atoms with E-state index in [-0.39, 0.29) is 0 Å². The van der Waals surface area contributed by atoms with Crippen LogP contribution in [0.4, 0.5) is 0 Å². The summed E-state index contributed by atoms with van der Waals surface area (Å²) in [5.41, 5.74) is 6.98. The predicted octanol–water partition coefficient (Wildman–Crippen LogP) is 1.85. The van der Waals surface area contributed by atoms with Crippen molar-refractivity contribution in [1.29, 1.82) is 0 Å². The molecule has 0 radical (unpaired) electrons. The van der Waals surface area contributed by atoms with E-state index in [0.29, 0.717) is 15.8 Å². The summed E-state index contributed by atoms with van der Waals surface area (Å²) in [6.45, 7) is 1.89. The minimum Gasteiger partial charge on any atom is -0.496 e. The number of nitrogens with two attached hydrogens (primary N) is 1. The van der Waals surface area contributed by atoms with Crippen LogP contribution in [-0.2, 0) is 4.79 Å². The van der Waals surface area contributed by atoms with Crippen LogP contribution in [0, 0.1) is 6.92 Å². The van der Waals surface area contributed by atoms with E-state index in [2.05, 4.69) is 15.9 Å². The Morgan fingerprint density at radius 2 is 2.20 bits per heavy atom. The van der Waals surface area contributed by atoms with Gasteiger partial charge in [-0.3, -0.25) is 4.79 Å². The zero-order valence-corrected chi connectivity index (χ0v) is 10.0. The molecule has 0 bridgehead atoms. The number of rotatable bonds is 3. The molecule has 82 valence electrons. The fourth-order valence-electron chi connectivity index (χ4n) is 1.32. The van der Waals surface area contributed by atoms with Gasteiger partial charge in [0.05, 0.1) is 7.11 Å². The molecular formula is C10H12BrNO3. The topological polar surface area (TPSA) is 72.5 Å². The van der Waals surface area contributed by atoms with Crippen LogP contribution in [0.2, 0.25) is 0 Å². The van der Waals surface area contributed by atoms with Crippen molar-refractivity contribution in [3.05, 3.63) is 27.7 Å². The fourth-order valence-corrected chi connectivity index (χ4v) is 2.12. The van der Waals surface area contributed by atoms with Crippen molar-refractivity contribution in [3.8, 4) is 5.75 Å². The molecule has 0 aliphatic heterocycles. The lowest BCUT2D eigenvalue weighted by Gasteiger charge is -2.14. The molecule has 1 rings (SSSR count). The van der Waals surface area contributed by atoms with Gasteiger partial charge >= 0.3 is 5.97 Å². The van der Waals surface area contributed by atoms with Crippen molar-refractivity contribution < 1.29 is 14.6 Å². The molecule has 4 nitrogen and oxygen atoms in total. The molecule has 0 aliphatic carbocycles. The first kappa shape index (κ1) is 12.0. The molecule has 15 heavy (non-hydrogen) atoms. The Hall–Kier alpha value is -1.07. The summed E-state index contributed by atoms with van der Waals surface area (Å²) in [6.07, 6.45) is 0. The molecule has 0 fully saturated rings. The standard InChI is InChI=1S/C10H12BrNO3/c1-5-3-6(11)8(7(4-5)15-2)9(12)10(13)14/h3-4,9H,12H2,1-2H3,(H,13,14). The number of halogens is 1. The Kier molecular flexibility index (Phi) is 3.71. The van der Waals surface area contributed by atoms with Crippen LogP contribution in [-0.4, -0.2) is 18.2 Å². The highest BCUT2D eigenvalue weighted by Crippen LogP contribution is 2.32. The van der Waals surface area contributed by atoms with Gasteiger partial charge in [0.1, 0.15) is 11.8 Å². The molecule has 0 aromatic heterocycles. The van der Waals surface area contributed by atoms with Crippen LogP contribution in [0.15, 0.2) is 16.6 Å². The number of benzene rings is 1. The van der Waals surface area contributed by atoms with Gasteiger partial charge in [0.25, 0.3) is 0 Å². The van der Waals surface area contributed by atoms with Gasteiger partial charge in [-0.25, -0.2) is 0 Å². The third-order valence-corrected chi connectivity index (χ3v) is 2.69. The van der Waals surface area contributed by atoms with E-state index >= 15 is 0 Å². The van der Waals surface area contributed by atoms with E-state index < -0.39 is 12.0 Å². The van der Waals surface area contributed by atoms with Gasteiger partial charge in [0.2, 0.25) is 0 Å². The van der Waals surface area contributed by atoms with Crippen molar-refractivity contribution >= 4 is 21.9 Å². The van der Waals surface area contributed by atoms with Crippen molar-refractivity contribution in [3.63, 3.8) is 0 Å². The first-order valence-corrected chi connectivity index (χ1v) is 5.09. The normalized spacial score (nSPS) is 12.3. The van der Waals surface area contributed by atoms with Crippen molar-refractivity contribution in [2.75, 3.05) is 7.11 Å². The smallest absolute Gasteiger partial charge is 0.325 e. The molecule has 0 heterocycles. The molecule has 1 aromatic carbocycles. The van der Waals surface area contributed by atoms with Gasteiger partial charge in [-0.2, -0.15) is 0 Å². The summed E-state index contributed by atoms with van der Waals surface area (Å²) in [6, 6.07) is 2.47. The first-order valence-electron chi connectivity index (χ1n) is 4.29. The summed E-state index contributed by atoms with van der Waals surface area (Å²) in [4.78, 5) is 10.8. The molecular weight excluding hydrogens is 262 g/mol. The summed E-state index contributed by atoms with van der Waals surface area (Å²) >= 11 is 3.28. The summed E-state index contributed by atoms with van der Waals surface area (Å²) in [7, 11) is 1.49. The van der Waals surface area contributed by atoms with E-state index in [4.69, 9.17) is 15.6 Å². The quantitative estimate of drug-likeness (QED) is 0.882. The van der Waals surface area contributed by atoms with E-state index in [9.17, 15) is 4.79 Å². The summed E-state index contributed by atoms with van der Waals surface area (Å²) in [5.74, 6) is -0.602. The highest BCUT2D eigenvalue weighted by atomic mass is 79.9. The maximum atomic E-state index is 10.8. The lowest BCUT2D eigenvalue weighted by atomic mass is 10.0. The van der Waals surface area contributed by atoms with Crippen LogP contribution >= 0.6 is 15.9 Å². The van der Waals surface area contributed by atoms with Crippen molar-refractivity contribution in [2.45, 2.75) is 13.0 Å². The second-order valence-corrected chi connectivity index (χ2v) is 4.03. The van der Waals surface area contributed by atoms with Crippen molar-refractivity contribution in [2.24, 2.45) is 5.73 Å². The average molecular weight is 274 g/mol. The molecule has 1 aromatic rings. The van der Waals surface area contributed by atoms with Gasteiger partial charge in [0, 0.05) is 10.0 Å². The Balaban J connectivity index is 3.32. The Morgan fingerprint density at radius 3 is 2.67 bits per heavy atom. The number of carbonyl (C=O) groups is 1. The van der Waals surface area contributed by atoms with Crippen LogP contribution in [0.25, 0.3) is 0 Å². The second-order valence-electron chi connectivity index (χ2n) is 3.18. The minimum atomic E-state index is -1.09. The monoisotopic (exact) mass is 273 g/mol. The maximum absolute atomic E-state index is 10.8. The molecule has 3 N–H and O–H groups in total. The number of aliphatic carboxylic acids is 1. The largest absolute Gasteiger partial charge is 0.496 e. The molecule has 0 saturated heterocycles. The SMILES string of the molecule is COc1cc(C)cc(Br)c1C(N)C(=O)O. The number of aryl methyl sites for hydroxylation is 1. The lowest BCUT2D eigenvalue weighted by molar-refractivity contribution is -0.138. The number of carboxylic acids is 1. The third kappa shape index (κ3) is 2.49. The number of hydrogen-bond donors (Lipinski definition) is 2. The number of methoxy groups -OCH3 is 1. The van der Waals surface area contributed by atoms with Crippen LogP contribution in [0.3, 0.4) is 0 Å². The van der Waals surface area contributed by atoms with Crippen LogP contribution < -0.4 is 10.5 Å². The van der Waals surface area contributed by atoms with E-state index in [1.807, 2.05) is 6.92 Å². The van der Waals surface area contributed by atoms with Gasteiger partial charge in [-0.15, -0.1) is 0 Å². The first-order chi connectivity index (χ1) is 6.97. The molecule has 1 unspecified atom stereocenters. The van der Waals surface area contributed by atoms with Crippen LogP contribution in [0.5, 0.6) is 5.75 Å². The van der Waals surface area contributed by atoms with Gasteiger partial charge < -0.3 is 15.6 Å². The molecule has 0 spiro atoms. The highest BCUT2D eigenvalue weighted by Gasteiger charge is 2.22. The predicted molar refractivity (Wildman–Crippen MR) is 60.0 cm³/mol.